The molecule has 1 amide bonds. The molecule has 1 saturated heterocycles. The average molecular weight is 374 g/mol. The first-order valence-corrected chi connectivity index (χ1v) is 11.8. The maximum atomic E-state index is 12.4. The minimum absolute atomic E-state index is 0.227. The predicted molar refractivity (Wildman–Crippen MR) is 107 cm³/mol. The van der Waals surface area contributed by atoms with Crippen LogP contribution in [0.3, 0.4) is 0 Å². The highest BCUT2D eigenvalue weighted by Crippen LogP contribution is 2.60. The van der Waals surface area contributed by atoms with E-state index in [2.05, 4.69) is 47.0 Å². The van der Waals surface area contributed by atoms with E-state index in [1.54, 1.807) is 11.8 Å². The van der Waals surface area contributed by atoms with Gasteiger partial charge in [0.15, 0.2) is 0 Å². The fourth-order valence-corrected chi connectivity index (χ4v) is 9.16. The van der Waals surface area contributed by atoms with E-state index in [1.807, 2.05) is 0 Å². The van der Waals surface area contributed by atoms with Gasteiger partial charge < -0.3 is 4.90 Å². The molecule has 4 heteroatoms. The molecule has 5 fully saturated rings. The number of thioether (sulfide) groups is 2. The summed E-state index contributed by atoms with van der Waals surface area (Å²) in [4.78, 5) is 14.5. The van der Waals surface area contributed by atoms with Gasteiger partial charge in [-0.15, -0.1) is 11.8 Å². The van der Waals surface area contributed by atoms with Crippen LogP contribution >= 0.6 is 23.5 Å². The first kappa shape index (κ1) is 16.6. The summed E-state index contributed by atoms with van der Waals surface area (Å²) in [5.41, 5.74) is 1.28. The number of benzene rings is 1. The van der Waals surface area contributed by atoms with Crippen molar-refractivity contribution in [3.63, 3.8) is 0 Å². The Bertz CT molecular complexity index is 611. The molecule has 1 aromatic carbocycles. The third-order valence-electron chi connectivity index (χ3n) is 6.78. The van der Waals surface area contributed by atoms with Crippen LogP contribution < -0.4 is 0 Å². The van der Waals surface area contributed by atoms with Crippen LogP contribution in [0, 0.1) is 17.8 Å². The first-order chi connectivity index (χ1) is 12.2. The van der Waals surface area contributed by atoms with Crippen LogP contribution in [-0.2, 0) is 4.79 Å². The molecule has 1 atom stereocenters. The third-order valence-corrected chi connectivity index (χ3v) is 9.53. The second kappa shape index (κ2) is 6.53. The number of hydrogen-bond donors (Lipinski definition) is 0. The van der Waals surface area contributed by atoms with E-state index in [0.29, 0.717) is 16.4 Å². The van der Waals surface area contributed by atoms with E-state index in [4.69, 9.17) is 0 Å². The molecule has 5 aliphatic rings. The van der Waals surface area contributed by atoms with Crippen molar-refractivity contribution in [2.24, 2.45) is 17.8 Å². The molecule has 4 saturated carbocycles. The van der Waals surface area contributed by atoms with Gasteiger partial charge in [-0.25, -0.2) is 0 Å². The third kappa shape index (κ3) is 3.14. The molecule has 25 heavy (non-hydrogen) atoms. The van der Waals surface area contributed by atoms with Crippen molar-refractivity contribution < 1.29 is 4.79 Å². The maximum Gasteiger partial charge on any atom is 0.233 e. The Morgan fingerprint density at radius 2 is 1.68 bits per heavy atom. The van der Waals surface area contributed by atoms with E-state index in [0.717, 1.165) is 30.1 Å². The van der Waals surface area contributed by atoms with Gasteiger partial charge in [-0.05, 0) is 61.8 Å². The summed E-state index contributed by atoms with van der Waals surface area (Å²) >= 11 is 4.01. The standard InChI is InChI=1S/C21H27NOS2/c23-19-14-24-20(18-4-2-1-3-5-18)22(19)6-7-25-21-11-15-8-16(12-21)10-17(9-15)13-21/h1-5,15-17,20H,6-14H2/t15?,16?,17?,20-,21?/m1/s1. The van der Waals surface area contributed by atoms with Gasteiger partial charge in [-0.2, -0.15) is 11.8 Å². The second-order valence-electron chi connectivity index (χ2n) is 8.61. The van der Waals surface area contributed by atoms with Crippen molar-refractivity contribution in [3.8, 4) is 0 Å². The lowest BCUT2D eigenvalue weighted by atomic mass is 9.56. The summed E-state index contributed by atoms with van der Waals surface area (Å²) in [5.74, 6) is 5.12. The number of hydrogen-bond acceptors (Lipinski definition) is 3. The highest BCUT2D eigenvalue weighted by molar-refractivity contribution is 8.01. The normalized spacial score (nSPS) is 39.4. The molecule has 1 aliphatic heterocycles. The van der Waals surface area contributed by atoms with Crippen molar-refractivity contribution in [2.75, 3.05) is 18.1 Å². The van der Waals surface area contributed by atoms with Crippen LogP contribution in [0.5, 0.6) is 0 Å². The zero-order chi connectivity index (χ0) is 16.9. The van der Waals surface area contributed by atoms with Gasteiger partial charge in [0.2, 0.25) is 5.91 Å². The minimum Gasteiger partial charge on any atom is -0.325 e. The average Bonchev–Trinajstić information content (AvgIpc) is 2.95. The molecule has 4 aliphatic carbocycles. The van der Waals surface area contributed by atoms with Gasteiger partial charge in [0.25, 0.3) is 0 Å². The molecule has 0 aromatic heterocycles. The monoisotopic (exact) mass is 373 g/mol. The summed E-state index contributed by atoms with van der Waals surface area (Å²) in [6, 6.07) is 10.5. The Labute approximate surface area is 159 Å². The summed E-state index contributed by atoms with van der Waals surface area (Å²) in [5, 5.41) is 0.227. The lowest BCUT2D eigenvalue weighted by Gasteiger charge is -2.56. The SMILES string of the molecule is O=C1CS[C@H](c2ccccc2)N1CCSC12CC3CC(CC(C3)C1)C2. The van der Waals surface area contributed by atoms with Gasteiger partial charge in [-0.3, -0.25) is 4.79 Å². The quantitative estimate of drug-likeness (QED) is 0.727. The van der Waals surface area contributed by atoms with Gasteiger partial charge >= 0.3 is 0 Å². The van der Waals surface area contributed by atoms with Gasteiger partial charge in [-0.1, -0.05) is 30.3 Å². The van der Waals surface area contributed by atoms with E-state index in [1.165, 1.54) is 44.1 Å². The Balaban J connectivity index is 1.23. The molecule has 2 nitrogen and oxygen atoms in total. The zero-order valence-corrected chi connectivity index (χ0v) is 16.4. The summed E-state index contributed by atoms with van der Waals surface area (Å²) in [6.45, 7) is 0.914. The molecule has 0 unspecified atom stereocenters. The van der Waals surface area contributed by atoms with Crippen molar-refractivity contribution in [1.82, 2.24) is 4.90 Å². The van der Waals surface area contributed by atoms with Crippen LogP contribution in [-0.4, -0.2) is 33.6 Å². The van der Waals surface area contributed by atoms with Crippen LogP contribution in [0.1, 0.15) is 49.5 Å². The Kier molecular flexibility index (Phi) is 4.32. The van der Waals surface area contributed by atoms with Crippen molar-refractivity contribution in [2.45, 2.75) is 48.6 Å². The first-order valence-electron chi connectivity index (χ1n) is 9.81. The van der Waals surface area contributed by atoms with Crippen molar-refractivity contribution >= 4 is 29.4 Å². The molecule has 4 bridgehead atoms. The number of rotatable bonds is 5. The summed E-state index contributed by atoms with van der Waals surface area (Å²) in [6.07, 6.45) is 8.89. The molecule has 6 rings (SSSR count). The van der Waals surface area contributed by atoms with Gasteiger partial charge in [0, 0.05) is 17.0 Å². The predicted octanol–water partition coefficient (Wildman–Crippen LogP) is 4.96. The molecular weight excluding hydrogens is 346 g/mol. The maximum absolute atomic E-state index is 12.4. The van der Waals surface area contributed by atoms with Crippen molar-refractivity contribution in [1.29, 1.82) is 0 Å². The van der Waals surface area contributed by atoms with Gasteiger partial charge in [0.05, 0.1) is 5.75 Å². The van der Waals surface area contributed by atoms with E-state index < -0.39 is 0 Å². The lowest BCUT2D eigenvalue weighted by Crippen LogP contribution is -2.49. The fraction of sp³-hybridized carbons (Fsp3) is 0.667. The minimum atomic E-state index is 0.227. The zero-order valence-electron chi connectivity index (χ0n) is 14.7. The fourth-order valence-electron chi connectivity index (χ4n) is 6.16. The molecule has 1 heterocycles. The molecular formula is C21H27NOS2. The Hall–Kier alpha value is -0.610. The summed E-state index contributed by atoms with van der Waals surface area (Å²) < 4.78 is 0.562. The molecule has 1 aromatic rings. The van der Waals surface area contributed by atoms with Crippen LogP contribution in [0.2, 0.25) is 0 Å². The van der Waals surface area contributed by atoms with Crippen molar-refractivity contribution in [3.05, 3.63) is 35.9 Å². The largest absolute Gasteiger partial charge is 0.325 e. The number of carbonyl (C=O) groups excluding carboxylic acids is 1. The molecule has 134 valence electrons. The Morgan fingerprint density at radius 3 is 2.32 bits per heavy atom. The number of carbonyl (C=O) groups is 1. The highest BCUT2D eigenvalue weighted by Gasteiger charge is 2.51. The smallest absolute Gasteiger partial charge is 0.233 e. The topological polar surface area (TPSA) is 20.3 Å². The molecule has 0 spiro atoms. The van der Waals surface area contributed by atoms with Crippen LogP contribution in [0.15, 0.2) is 30.3 Å². The van der Waals surface area contributed by atoms with E-state index in [-0.39, 0.29) is 5.37 Å². The van der Waals surface area contributed by atoms with Crippen LogP contribution in [0.25, 0.3) is 0 Å². The highest BCUT2D eigenvalue weighted by atomic mass is 32.2. The number of amides is 1. The number of nitrogens with zero attached hydrogens (tertiary/aromatic N) is 1. The lowest BCUT2D eigenvalue weighted by molar-refractivity contribution is -0.127. The second-order valence-corrected chi connectivity index (χ2v) is 11.2. The molecule has 0 radical (unpaired) electrons. The molecule has 0 N–H and O–H groups in total. The summed E-state index contributed by atoms with van der Waals surface area (Å²) in [7, 11) is 0. The Morgan fingerprint density at radius 1 is 1.04 bits per heavy atom. The van der Waals surface area contributed by atoms with Gasteiger partial charge in [0.1, 0.15) is 5.37 Å². The van der Waals surface area contributed by atoms with E-state index >= 15 is 0 Å². The van der Waals surface area contributed by atoms with Crippen LogP contribution in [0.4, 0.5) is 0 Å². The van der Waals surface area contributed by atoms with E-state index in [9.17, 15) is 4.79 Å².